The minimum absolute atomic E-state index is 0.0189. The van der Waals surface area contributed by atoms with E-state index in [-0.39, 0.29) is 11.8 Å². The SMILES string of the molecule is O=C(NCc1csc(-c2ccccc2)n1)C1CCC(=O)N1Cc1c[nH]c2ccccc12. The highest BCUT2D eigenvalue weighted by Crippen LogP contribution is 2.26. The summed E-state index contributed by atoms with van der Waals surface area (Å²) in [6.07, 6.45) is 2.86. The van der Waals surface area contributed by atoms with Crippen molar-refractivity contribution in [2.45, 2.75) is 32.0 Å². The van der Waals surface area contributed by atoms with Crippen LogP contribution in [-0.2, 0) is 22.7 Å². The molecule has 2 aromatic heterocycles. The highest BCUT2D eigenvalue weighted by atomic mass is 32.1. The second-order valence-corrected chi connectivity index (χ2v) is 8.52. The minimum atomic E-state index is -0.451. The first-order chi connectivity index (χ1) is 15.2. The fourth-order valence-electron chi connectivity index (χ4n) is 4.05. The highest BCUT2D eigenvalue weighted by molar-refractivity contribution is 7.13. The van der Waals surface area contributed by atoms with Crippen molar-refractivity contribution in [2.24, 2.45) is 0 Å². The van der Waals surface area contributed by atoms with Crippen molar-refractivity contribution in [1.82, 2.24) is 20.2 Å². The molecule has 2 amide bonds. The summed E-state index contributed by atoms with van der Waals surface area (Å²) < 4.78 is 0. The maximum Gasteiger partial charge on any atom is 0.243 e. The molecule has 6 nitrogen and oxygen atoms in total. The number of carbonyl (C=O) groups excluding carboxylic acids is 2. The molecule has 1 aliphatic rings. The molecular formula is C24H22N4O2S. The van der Waals surface area contributed by atoms with Crippen LogP contribution in [0.4, 0.5) is 0 Å². The quantitative estimate of drug-likeness (QED) is 0.483. The number of nitrogens with one attached hydrogen (secondary N) is 2. The van der Waals surface area contributed by atoms with Gasteiger partial charge in [0.1, 0.15) is 11.0 Å². The third-order valence-corrected chi connectivity index (χ3v) is 6.60. The van der Waals surface area contributed by atoms with E-state index in [1.807, 2.05) is 66.2 Å². The molecule has 3 heterocycles. The first-order valence-electron chi connectivity index (χ1n) is 10.3. The van der Waals surface area contributed by atoms with E-state index in [4.69, 9.17) is 0 Å². The van der Waals surface area contributed by atoms with E-state index in [1.165, 1.54) is 0 Å². The summed E-state index contributed by atoms with van der Waals surface area (Å²) in [6, 6.07) is 17.5. The minimum Gasteiger partial charge on any atom is -0.361 e. The number of hydrogen-bond donors (Lipinski definition) is 2. The van der Waals surface area contributed by atoms with Crippen molar-refractivity contribution in [3.05, 3.63) is 77.4 Å². The molecular weight excluding hydrogens is 408 g/mol. The number of fused-ring (bicyclic) bond motifs is 1. The van der Waals surface area contributed by atoms with Crippen LogP contribution in [0, 0.1) is 0 Å². The highest BCUT2D eigenvalue weighted by Gasteiger charge is 2.36. The van der Waals surface area contributed by atoms with Crippen LogP contribution in [0.1, 0.15) is 24.1 Å². The predicted octanol–water partition coefficient (Wildman–Crippen LogP) is 4.10. The Hall–Kier alpha value is -3.45. The van der Waals surface area contributed by atoms with Gasteiger partial charge in [-0.3, -0.25) is 9.59 Å². The van der Waals surface area contributed by atoms with E-state index >= 15 is 0 Å². The molecule has 1 atom stereocenters. The molecule has 7 heteroatoms. The summed E-state index contributed by atoms with van der Waals surface area (Å²) in [5.74, 6) is -0.106. The van der Waals surface area contributed by atoms with E-state index in [2.05, 4.69) is 15.3 Å². The lowest BCUT2D eigenvalue weighted by Crippen LogP contribution is -2.44. The Morgan fingerprint density at radius 2 is 1.97 bits per heavy atom. The predicted molar refractivity (Wildman–Crippen MR) is 121 cm³/mol. The van der Waals surface area contributed by atoms with Crippen LogP contribution in [0.3, 0.4) is 0 Å². The van der Waals surface area contributed by atoms with Gasteiger partial charge in [0, 0.05) is 41.0 Å². The molecule has 1 aliphatic heterocycles. The van der Waals surface area contributed by atoms with E-state index in [9.17, 15) is 9.59 Å². The summed E-state index contributed by atoms with van der Waals surface area (Å²) in [6.45, 7) is 0.781. The van der Waals surface area contributed by atoms with Gasteiger partial charge in [-0.05, 0) is 18.1 Å². The molecule has 156 valence electrons. The average Bonchev–Trinajstić information content (AvgIpc) is 3.53. The summed E-state index contributed by atoms with van der Waals surface area (Å²) in [5.41, 5.74) is 3.94. The largest absolute Gasteiger partial charge is 0.361 e. The third-order valence-electron chi connectivity index (χ3n) is 5.66. The number of likely N-dealkylation sites (tertiary alicyclic amines) is 1. The lowest BCUT2D eigenvalue weighted by molar-refractivity contribution is -0.135. The lowest BCUT2D eigenvalue weighted by atomic mass is 10.1. The van der Waals surface area contributed by atoms with Crippen LogP contribution in [0.25, 0.3) is 21.5 Å². The van der Waals surface area contributed by atoms with Gasteiger partial charge in [0.05, 0.1) is 12.2 Å². The number of hydrogen-bond acceptors (Lipinski definition) is 4. The van der Waals surface area contributed by atoms with Crippen molar-refractivity contribution < 1.29 is 9.59 Å². The van der Waals surface area contributed by atoms with Gasteiger partial charge in [0.25, 0.3) is 0 Å². The van der Waals surface area contributed by atoms with Gasteiger partial charge in [-0.2, -0.15) is 0 Å². The molecule has 2 aromatic carbocycles. The maximum absolute atomic E-state index is 12.9. The van der Waals surface area contributed by atoms with E-state index in [1.54, 1.807) is 16.2 Å². The van der Waals surface area contributed by atoms with Gasteiger partial charge < -0.3 is 15.2 Å². The fourth-order valence-corrected chi connectivity index (χ4v) is 4.87. The Balaban J connectivity index is 1.25. The van der Waals surface area contributed by atoms with Crippen LogP contribution >= 0.6 is 11.3 Å². The average molecular weight is 431 g/mol. The molecule has 0 saturated carbocycles. The number of nitrogens with zero attached hydrogens (tertiary/aromatic N) is 2. The monoisotopic (exact) mass is 430 g/mol. The first-order valence-corrected chi connectivity index (χ1v) is 11.2. The van der Waals surface area contributed by atoms with Crippen LogP contribution < -0.4 is 5.32 Å². The second-order valence-electron chi connectivity index (χ2n) is 7.66. The molecule has 31 heavy (non-hydrogen) atoms. The fraction of sp³-hybridized carbons (Fsp3) is 0.208. The van der Waals surface area contributed by atoms with E-state index in [0.29, 0.717) is 25.9 Å². The number of thiazole rings is 1. The molecule has 1 saturated heterocycles. The zero-order chi connectivity index (χ0) is 21.2. The molecule has 0 aliphatic carbocycles. The zero-order valence-electron chi connectivity index (χ0n) is 16.9. The topological polar surface area (TPSA) is 78.1 Å². The van der Waals surface area contributed by atoms with E-state index in [0.717, 1.165) is 32.7 Å². The van der Waals surface area contributed by atoms with Crippen molar-refractivity contribution in [1.29, 1.82) is 0 Å². The standard InChI is InChI=1S/C24H22N4O2S/c29-22-11-10-21(28(22)14-17-12-25-20-9-5-4-8-19(17)20)23(30)26-13-18-15-31-24(27-18)16-6-2-1-3-7-16/h1-9,12,15,21,25H,10-11,13-14H2,(H,26,30). The normalized spacial score (nSPS) is 16.2. The molecule has 1 fully saturated rings. The Morgan fingerprint density at radius 3 is 2.84 bits per heavy atom. The number of para-hydroxylation sites is 1. The van der Waals surface area contributed by atoms with Gasteiger partial charge >= 0.3 is 0 Å². The Labute approximate surface area is 183 Å². The number of rotatable bonds is 6. The number of benzene rings is 2. The Bertz CT molecular complexity index is 1230. The second kappa shape index (κ2) is 8.35. The van der Waals surface area contributed by atoms with E-state index < -0.39 is 6.04 Å². The Kier molecular flexibility index (Phi) is 5.26. The molecule has 1 unspecified atom stereocenters. The van der Waals surface area contributed by atoms with Crippen molar-refractivity contribution in [3.8, 4) is 10.6 Å². The molecule has 0 radical (unpaired) electrons. The molecule has 4 aromatic rings. The first kappa shape index (κ1) is 19.5. The number of H-pyrrole nitrogens is 1. The van der Waals surface area contributed by atoms with Gasteiger partial charge in [0.15, 0.2) is 0 Å². The number of carbonyl (C=O) groups is 2. The van der Waals surface area contributed by atoms with Crippen LogP contribution in [0.2, 0.25) is 0 Å². The van der Waals surface area contributed by atoms with Gasteiger partial charge in [-0.1, -0.05) is 48.5 Å². The molecule has 2 N–H and O–H groups in total. The van der Waals surface area contributed by atoms with Gasteiger partial charge in [0.2, 0.25) is 11.8 Å². The van der Waals surface area contributed by atoms with Crippen LogP contribution in [0.5, 0.6) is 0 Å². The van der Waals surface area contributed by atoms with Crippen molar-refractivity contribution in [2.75, 3.05) is 0 Å². The van der Waals surface area contributed by atoms with Crippen molar-refractivity contribution >= 4 is 34.1 Å². The zero-order valence-corrected chi connectivity index (χ0v) is 17.7. The summed E-state index contributed by atoms with van der Waals surface area (Å²) in [4.78, 5) is 35.0. The third kappa shape index (κ3) is 3.96. The number of aromatic nitrogens is 2. The van der Waals surface area contributed by atoms with Gasteiger partial charge in [-0.15, -0.1) is 11.3 Å². The van der Waals surface area contributed by atoms with Crippen LogP contribution in [0.15, 0.2) is 66.2 Å². The Morgan fingerprint density at radius 1 is 1.16 bits per heavy atom. The van der Waals surface area contributed by atoms with Gasteiger partial charge in [-0.25, -0.2) is 4.98 Å². The van der Waals surface area contributed by atoms with Crippen LogP contribution in [-0.4, -0.2) is 32.7 Å². The summed E-state index contributed by atoms with van der Waals surface area (Å²) in [5, 5.41) is 6.95. The molecule has 0 spiro atoms. The lowest BCUT2D eigenvalue weighted by Gasteiger charge is -2.23. The molecule has 5 rings (SSSR count). The number of amides is 2. The smallest absolute Gasteiger partial charge is 0.243 e. The number of aromatic amines is 1. The maximum atomic E-state index is 12.9. The summed E-state index contributed by atoms with van der Waals surface area (Å²) in [7, 11) is 0. The van der Waals surface area contributed by atoms with Crippen molar-refractivity contribution in [3.63, 3.8) is 0 Å². The summed E-state index contributed by atoms with van der Waals surface area (Å²) >= 11 is 1.56. The molecule has 0 bridgehead atoms.